The predicted octanol–water partition coefficient (Wildman–Crippen LogP) is 2.66. The van der Waals surface area contributed by atoms with Crippen molar-refractivity contribution in [3.05, 3.63) is 53.2 Å². The summed E-state index contributed by atoms with van der Waals surface area (Å²) < 4.78 is 32.0. The first-order valence-electron chi connectivity index (χ1n) is 6.69. The molecule has 1 N–H and O–H groups in total. The number of benzene rings is 1. The van der Waals surface area contributed by atoms with E-state index in [1.807, 2.05) is 6.92 Å². The fourth-order valence-electron chi connectivity index (χ4n) is 2.08. The second-order valence-electron chi connectivity index (χ2n) is 4.53. The zero-order chi connectivity index (χ0) is 15.2. The number of hydrogen-bond donors (Lipinski definition) is 1. The highest BCUT2D eigenvalue weighted by Crippen LogP contribution is 2.20. The average molecular weight is 293 g/mol. The van der Waals surface area contributed by atoms with Crippen molar-refractivity contribution in [3.8, 4) is 5.88 Å². The molecule has 21 heavy (non-hydrogen) atoms. The molecule has 0 amide bonds. The van der Waals surface area contributed by atoms with Gasteiger partial charge in [-0.2, -0.15) is 5.10 Å². The van der Waals surface area contributed by atoms with Crippen LogP contribution in [-0.2, 0) is 6.42 Å². The summed E-state index contributed by atoms with van der Waals surface area (Å²) >= 11 is 0. The van der Waals surface area contributed by atoms with Gasteiger partial charge in [0, 0.05) is 6.07 Å². The minimum atomic E-state index is -0.844. The van der Waals surface area contributed by atoms with Crippen LogP contribution in [0.25, 0.3) is 0 Å². The van der Waals surface area contributed by atoms with Gasteiger partial charge in [-0.25, -0.2) is 8.78 Å². The Bertz CT molecular complexity index is 590. The molecule has 2 aromatic rings. The standard InChI is InChI=1S/C15H17F2N3O/c1-3-18-13(12-7-8-14(21-2)20-19-12)9-10-5-4-6-11(16)15(10)17/h4-8,13,18H,3,9H2,1-2H3. The monoisotopic (exact) mass is 293 g/mol. The van der Waals surface area contributed by atoms with Gasteiger partial charge in [-0.1, -0.05) is 19.1 Å². The Labute approximate surface area is 122 Å². The molecule has 1 aromatic heterocycles. The number of ether oxygens (including phenoxy) is 1. The van der Waals surface area contributed by atoms with Crippen molar-refractivity contribution in [2.24, 2.45) is 0 Å². The summed E-state index contributed by atoms with van der Waals surface area (Å²) in [6, 6.07) is 7.37. The van der Waals surface area contributed by atoms with Gasteiger partial charge in [-0.05, 0) is 30.7 Å². The van der Waals surface area contributed by atoms with Crippen LogP contribution >= 0.6 is 0 Å². The van der Waals surface area contributed by atoms with Crippen molar-refractivity contribution >= 4 is 0 Å². The van der Waals surface area contributed by atoms with Gasteiger partial charge in [0.25, 0.3) is 0 Å². The van der Waals surface area contributed by atoms with Crippen LogP contribution in [0.2, 0.25) is 0 Å². The quantitative estimate of drug-likeness (QED) is 0.889. The van der Waals surface area contributed by atoms with Crippen LogP contribution < -0.4 is 10.1 Å². The second-order valence-corrected chi connectivity index (χ2v) is 4.53. The summed E-state index contributed by atoms with van der Waals surface area (Å²) in [4.78, 5) is 0. The van der Waals surface area contributed by atoms with E-state index in [4.69, 9.17) is 4.74 Å². The Balaban J connectivity index is 2.23. The van der Waals surface area contributed by atoms with E-state index in [9.17, 15) is 8.78 Å². The maximum atomic E-state index is 13.8. The van der Waals surface area contributed by atoms with Gasteiger partial charge >= 0.3 is 0 Å². The largest absolute Gasteiger partial charge is 0.480 e. The Morgan fingerprint density at radius 3 is 2.62 bits per heavy atom. The average Bonchev–Trinajstić information content (AvgIpc) is 2.51. The van der Waals surface area contributed by atoms with E-state index in [2.05, 4.69) is 15.5 Å². The number of methoxy groups -OCH3 is 1. The molecule has 4 nitrogen and oxygen atoms in total. The Morgan fingerprint density at radius 2 is 2.00 bits per heavy atom. The van der Waals surface area contributed by atoms with Crippen LogP contribution in [0.1, 0.15) is 24.2 Å². The number of aromatic nitrogens is 2. The third kappa shape index (κ3) is 3.72. The SMILES string of the molecule is CCNC(Cc1cccc(F)c1F)c1ccc(OC)nn1. The topological polar surface area (TPSA) is 47.0 Å². The van der Waals surface area contributed by atoms with Gasteiger partial charge in [0.15, 0.2) is 11.6 Å². The van der Waals surface area contributed by atoms with Crippen LogP contribution in [-0.4, -0.2) is 23.9 Å². The molecular formula is C15H17F2N3O. The molecule has 0 radical (unpaired) electrons. The number of nitrogens with one attached hydrogen (secondary N) is 1. The van der Waals surface area contributed by atoms with E-state index in [1.54, 1.807) is 18.2 Å². The second kappa shape index (κ2) is 7.08. The molecule has 0 aliphatic rings. The van der Waals surface area contributed by atoms with E-state index in [1.165, 1.54) is 13.2 Å². The van der Waals surface area contributed by atoms with Crippen LogP contribution in [0.5, 0.6) is 5.88 Å². The van der Waals surface area contributed by atoms with E-state index >= 15 is 0 Å². The maximum absolute atomic E-state index is 13.8. The van der Waals surface area contributed by atoms with E-state index < -0.39 is 11.6 Å². The van der Waals surface area contributed by atoms with E-state index in [-0.39, 0.29) is 6.04 Å². The first-order chi connectivity index (χ1) is 10.2. The molecule has 6 heteroatoms. The number of hydrogen-bond acceptors (Lipinski definition) is 4. The molecule has 0 saturated heterocycles. The minimum Gasteiger partial charge on any atom is -0.480 e. The van der Waals surface area contributed by atoms with E-state index in [0.29, 0.717) is 30.1 Å². The summed E-state index contributed by atoms with van der Waals surface area (Å²) in [5.74, 6) is -1.25. The first-order valence-corrected chi connectivity index (χ1v) is 6.69. The lowest BCUT2D eigenvalue weighted by Gasteiger charge is -2.17. The lowest BCUT2D eigenvalue weighted by Crippen LogP contribution is -2.24. The van der Waals surface area contributed by atoms with Crippen molar-refractivity contribution in [2.45, 2.75) is 19.4 Å². The van der Waals surface area contributed by atoms with Crippen LogP contribution in [0, 0.1) is 11.6 Å². The van der Waals surface area contributed by atoms with Crippen LogP contribution in [0.3, 0.4) is 0 Å². The van der Waals surface area contributed by atoms with Gasteiger partial charge in [0.2, 0.25) is 5.88 Å². The molecule has 1 unspecified atom stereocenters. The van der Waals surface area contributed by atoms with Gasteiger partial charge in [0.1, 0.15) is 0 Å². The van der Waals surface area contributed by atoms with Gasteiger partial charge in [-0.15, -0.1) is 5.10 Å². The van der Waals surface area contributed by atoms with Gasteiger partial charge in [-0.3, -0.25) is 0 Å². The molecule has 0 aliphatic heterocycles. The lowest BCUT2D eigenvalue weighted by atomic mass is 10.0. The molecule has 2 rings (SSSR count). The third-order valence-corrected chi connectivity index (χ3v) is 3.13. The minimum absolute atomic E-state index is 0.246. The molecule has 1 atom stereocenters. The smallest absolute Gasteiger partial charge is 0.233 e. The lowest BCUT2D eigenvalue weighted by molar-refractivity contribution is 0.389. The van der Waals surface area contributed by atoms with Gasteiger partial charge in [0.05, 0.1) is 18.8 Å². The molecule has 1 aromatic carbocycles. The molecule has 0 bridgehead atoms. The van der Waals surface area contributed by atoms with Crippen molar-refractivity contribution in [1.29, 1.82) is 0 Å². The van der Waals surface area contributed by atoms with Crippen molar-refractivity contribution in [1.82, 2.24) is 15.5 Å². The van der Waals surface area contributed by atoms with Crippen molar-refractivity contribution in [2.75, 3.05) is 13.7 Å². The predicted molar refractivity (Wildman–Crippen MR) is 75.1 cm³/mol. The Hall–Kier alpha value is -2.08. The van der Waals surface area contributed by atoms with Crippen LogP contribution in [0.15, 0.2) is 30.3 Å². The fraction of sp³-hybridized carbons (Fsp3) is 0.333. The fourth-order valence-corrected chi connectivity index (χ4v) is 2.08. The molecular weight excluding hydrogens is 276 g/mol. The molecule has 112 valence electrons. The summed E-state index contributed by atoms with van der Waals surface area (Å²) in [7, 11) is 1.51. The molecule has 0 spiro atoms. The molecule has 0 fully saturated rings. The highest BCUT2D eigenvalue weighted by molar-refractivity contribution is 5.23. The van der Waals surface area contributed by atoms with Crippen LogP contribution in [0.4, 0.5) is 8.78 Å². The zero-order valence-corrected chi connectivity index (χ0v) is 11.9. The van der Waals surface area contributed by atoms with Gasteiger partial charge < -0.3 is 10.1 Å². The van der Waals surface area contributed by atoms with Crippen molar-refractivity contribution in [3.63, 3.8) is 0 Å². The first kappa shape index (κ1) is 15.3. The number of halogens is 2. The normalized spacial score (nSPS) is 12.2. The Morgan fingerprint density at radius 1 is 1.19 bits per heavy atom. The molecule has 0 aliphatic carbocycles. The highest BCUT2D eigenvalue weighted by Gasteiger charge is 2.17. The number of rotatable bonds is 6. The Kier molecular flexibility index (Phi) is 5.16. The van der Waals surface area contributed by atoms with Crippen molar-refractivity contribution < 1.29 is 13.5 Å². The highest BCUT2D eigenvalue weighted by atomic mass is 19.2. The molecule has 1 heterocycles. The molecule has 0 saturated carbocycles. The third-order valence-electron chi connectivity index (χ3n) is 3.13. The zero-order valence-electron chi connectivity index (χ0n) is 11.9. The summed E-state index contributed by atoms with van der Waals surface area (Å²) in [5, 5.41) is 11.2. The number of nitrogens with zero attached hydrogens (tertiary/aromatic N) is 2. The summed E-state index contributed by atoms with van der Waals surface area (Å²) in [5.41, 5.74) is 0.958. The summed E-state index contributed by atoms with van der Waals surface area (Å²) in [6.45, 7) is 2.61. The maximum Gasteiger partial charge on any atom is 0.233 e. The van der Waals surface area contributed by atoms with E-state index in [0.717, 1.165) is 6.07 Å². The summed E-state index contributed by atoms with van der Waals surface area (Å²) in [6.07, 6.45) is 0.290. The number of likely N-dealkylation sites (N-methyl/N-ethyl adjacent to an activating group) is 1.